The molecule has 15 heteroatoms. The lowest BCUT2D eigenvalue weighted by molar-refractivity contribution is -0.373. The first-order valence-corrected chi connectivity index (χ1v) is 10.5. The summed E-state index contributed by atoms with van der Waals surface area (Å²) in [4.78, 5) is 0. The molecule has 0 aromatic rings. The molecule has 10 N–H and O–H groups in total. The van der Waals surface area contributed by atoms with Crippen LogP contribution in [-0.2, 0) is 23.7 Å². The van der Waals surface area contributed by atoms with Gasteiger partial charge in [0.15, 0.2) is 18.9 Å². The zero-order chi connectivity index (χ0) is 24.4. The lowest BCUT2D eigenvalue weighted by atomic mass is 9.96. The lowest BCUT2D eigenvalue weighted by Gasteiger charge is -2.47. The van der Waals surface area contributed by atoms with Gasteiger partial charge in [-0.05, 0) is 0 Å². The van der Waals surface area contributed by atoms with Crippen LogP contribution in [0, 0.1) is 0 Å². The summed E-state index contributed by atoms with van der Waals surface area (Å²) in [6.45, 7) is -1.98. The van der Waals surface area contributed by atoms with Crippen molar-refractivity contribution >= 4 is 0 Å². The molecule has 0 radical (unpaired) electrons. The van der Waals surface area contributed by atoms with Crippen LogP contribution >= 0.6 is 0 Å². The van der Waals surface area contributed by atoms with Crippen molar-refractivity contribution in [2.75, 3.05) is 19.8 Å². The Kier molecular flexibility index (Phi) is 9.35. The van der Waals surface area contributed by atoms with Gasteiger partial charge in [-0.15, -0.1) is 0 Å². The van der Waals surface area contributed by atoms with Gasteiger partial charge in [-0.3, -0.25) is 0 Å². The molecule has 0 spiro atoms. The molecular weight excluding hydrogens is 456 g/mol. The number of hydrogen-bond donors (Lipinski definition) is 10. The largest absolute Gasteiger partial charge is 0.394 e. The molecule has 3 aliphatic heterocycles. The summed E-state index contributed by atoms with van der Waals surface area (Å²) in [6, 6.07) is 0. The zero-order valence-electron chi connectivity index (χ0n) is 17.4. The molecule has 0 aromatic heterocycles. The zero-order valence-corrected chi connectivity index (χ0v) is 17.4. The van der Waals surface area contributed by atoms with Gasteiger partial charge in [0.25, 0.3) is 0 Å². The van der Waals surface area contributed by atoms with E-state index in [1.54, 1.807) is 0 Å². The summed E-state index contributed by atoms with van der Waals surface area (Å²) in [5.41, 5.74) is 0. The second-order valence-corrected chi connectivity index (χ2v) is 8.24. The van der Waals surface area contributed by atoms with Crippen molar-refractivity contribution in [3.8, 4) is 0 Å². The summed E-state index contributed by atoms with van der Waals surface area (Å²) in [6.07, 6.45) is -21.7. The van der Waals surface area contributed by atoms with Gasteiger partial charge >= 0.3 is 0 Å². The minimum atomic E-state index is -1.85. The fourth-order valence-corrected chi connectivity index (χ4v) is 4.02. The Morgan fingerprint density at radius 1 is 0.576 bits per heavy atom. The molecule has 0 saturated carbocycles. The maximum absolute atomic E-state index is 10.6. The van der Waals surface area contributed by atoms with Crippen molar-refractivity contribution in [2.24, 2.45) is 0 Å². The summed E-state index contributed by atoms with van der Waals surface area (Å²) >= 11 is 0. The molecule has 0 aromatic carbocycles. The first kappa shape index (κ1) is 27.0. The molecule has 3 aliphatic rings. The quantitative estimate of drug-likeness (QED) is 0.160. The van der Waals surface area contributed by atoms with Gasteiger partial charge in [0, 0.05) is 6.42 Å². The van der Waals surface area contributed by atoms with Crippen LogP contribution in [0.4, 0.5) is 0 Å². The van der Waals surface area contributed by atoms with Gasteiger partial charge in [0.05, 0.1) is 32.0 Å². The van der Waals surface area contributed by atoms with E-state index in [1.807, 2.05) is 0 Å². The van der Waals surface area contributed by atoms with Crippen LogP contribution in [-0.4, -0.2) is 157 Å². The monoisotopic (exact) mass is 488 g/mol. The van der Waals surface area contributed by atoms with E-state index in [9.17, 15) is 51.1 Å². The first-order valence-electron chi connectivity index (χ1n) is 10.5. The van der Waals surface area contributed by atoms with Crippen LogP contribution in [0.2, 0.25) is 0 Å². The Balaban J connectivity index is 1.71. The molecule has 0 bridgehead atoms. The molecule has 0 unspecified atom stereocenters. The average Bonchev–Trinajstić information content (AvgIpc) is 2.80. The summed E-state index contributed by atoms with van der Waals surface area (Å²) < 4.78 is 26.7. The Morgan fingerprint density at radius 2 is 1.09 bits per heavy atom. The second-order valence-electron chi connectivity index (χ2n) is 8.24. The van der Waals surface area contributed by atoms with Gasteiger partial charge in [0.1, 0.15) is 54.9 Å². The molecule has 33 heavy (non-hydrogen) atoms. The fourth-order valence-electron chi connectivity index (χ4n) is 4.02. The predicted molar refractivity (Wildman–Crippen MR) is 99.9 cm³/mol. The van der Waals surface area contributed by atoms with E-state index < -0.39 is 106 Å². The van der Waals surface area contributed by atoms with Crippen molar-refractivity contribution in [3.63, 3.8) is 0 Å². The SMILES string of the molecule is OC[C@@H]1C[C@H](O)[C@@H](O)[C@@H](O[C@H]2[C@H](O)[C@@H](O)[C@@H](O[C@H]3[C@H](O)[C@@H](O)[C@H](O)O[C@@H]3CO)O[C@@H]2CO)O1. The van der Waals surface area contributed by atoms with E-state index in [-0.39, 0.29) is 6.42 Å². The minimum Gasteiger partial charge on any atom is -0.394 e. The smallest absolute Gasteiger partial charge is 0.187 e. The standard InChI is InChI=1S/C18H32O15/c19-2-5-1-6(22)9(23)17(29-5)32-15-8(4-21)31-18(13(27)11(15)25)33-14-7(3-20)30-16(28)12(26)10(14)24/h5-28H,1-4H2/t5-,6-,7+,8+,9+,10+,11+,12+,13+,14+,15+,16+,17+,18+/m0/s1. The molecule has 0 amide bonds. The van der Waals surface area contributed by atoms with Gasteiger partial charge < -0.3 is 74.7 Å². The van der Waals surface area contributed by atoms with Crippen LogP contribution in [0.1, 0.15) is 6.42 Å². The highest BCUT2D eigenvalue weighted by molar-refractivity contribution is 4.95. The third kappa shape index (κ3) is 5.64. The van der Waals surface area contributed by atoms with Crippen LogP contribution in [0.25, 0.3) is 0 Å². The molecule has 15 nitrogen and oxygen atoms in total. The Labute approximate surface area is 187 Å². The second kappa shape index (κ2) is 11.4. The molecule has 14 atom stereocenters. The number of ether oxygens (including phenoxy) is 5. The van der Waals surface area contributed by atoms with Crippen molar-refractivity contribution in [1.82, 2.24) is 0 Å². The molecular formula is C18H32O15. The van der Waals surface area contributed by atoms with E-state index in [1.165, 1.54) is 0 Å². The van der Waals surface area contributed by atoms with Crippen LogP contribution in [0.5, 0.6) is 0 Å². The average molecular weight is 488 g/mol. The van der Waals surface area contributed by atoms with Crippen molar-refractivity contribution < 1.29 is 74.7 Å². The predicted octanol–water partition coefficient (Wildman–Crippen LogP) is -6.54. The molecule has 0 aliphatic carbocycles. The number of rotatable bonds is 7. The number of hydrogen-bond acceptors (Lipinski definition) is 15. The van der Waals surface area contributed by atoms with Crippen LogP contribution < -0.4 is 0 Å². The summed E-state index contributed by atoms with van der Waals surface area (Å²) in [5, 5.41) is 99.2. The first-order chi connectivity index (χ1) is 15.6. The summed E-state index contributed by atoms with van der Waals surface area (Å²) in [5.74, 6) is 0. The number of aliphatic hydroxyl groups is 10. The van der Waals surface area contributed by atoms with Gasteiger partial charge in [-0.25, -0.2) is 0 Å². The molecule has 3 rings (SSSR count). The van der Waals surface area contributed by atoms with E-state index in [0.29, 0.717) is 0 Å². The van der Waals surface area contributed by atoms with Gasteiger partial charge in [-0.2, -0.15) is 0 Å². The molecule has 3 saturated heterocycles. The maximum atomic E-state index is 10.6. The Morgan fingerprint density at radius 3 is 1.64 bits per heavy atom. The van der Waals surface area contributed by atoms with E-state index in [4.69, 9.17) is 23.7 Å². The third-order valence-corrected chi connectivity index (χ3v) is 5.95. The highest BCUT2D eigenvalue weighted by Crippen LogP contribution is 2.31. The third-order valence-electron chi connectivity index (χ3n) is 5.95. The van der Waals surface area contributed by atoms with E-state index in [0.717, 1.165) is 0 Å². The van der Waals surface area contributed by atoms with Crippen LogP contribution in [0.3, 0.4) is 0 Å². The van der Waals surface area contributed by atoms with Crippen LogP contribution in [0.15, 0.2) is 0 Å². The van der Waals surface area contributed by atoms with E-state index in [2.05, 4.69) is 0 Å². The molecule has 3 heterocycles. The van der Waals surface area contributed by atoms with Crippen molar-refractivity contribution in [3.05, 3.63) is 0 Å². The van der Waals surface area contributed by atoms with E-state index >= 15 is 0 Å². The highest BCUT2D eigenvalue weighted by Gasteiger charge is 2.52. The molecule has 194 valence electrons. The van der Waals surface area contributed by atoms with Crippen molar-refractivity contribution in [2.45, 2.75) is 92.4 Å². The van der Waals surface area contributed by atoms with Gasteiger partial charge in [-0.1, -0.05) is 0 Å². The lowest BCUT2D eigenvalue weighted by Crippen LogP contribution is -2.65. The fraction of sp³-hybridized carbons (Fsp3) is 1.00. The molecule has 3 fully saturated rings. The van der Waals surface area contributed by atoms with Crippen molar-refractivity contribution in [1.29, 1.82) is 0 Å². The topological polar surface area (TPSA) is 248 Å². The number of aliphatic hydroxyl groups excluding tert-OH is 10. The van der Waals surface area contributed by atoms with Gasteiger partial charge in [0.2, 0.25) is 0 Å². The Bertz CT molecular complexity index is 607. The summed E-state index contributed by atoms with van der Waals surface area (Å²) in [7, 11) is 0. The normalized spacial score (nSPS) is 51.5. The Hall–Kier alpha value is -0.600. The minimum absolute atomic E-state index is 0.0679. The maximum Gasteiger partial charge on any atom is 0.187 e. The highest BCUT2D eigenvalue weighted by atomic mass is 16.7.